The summed E-state index contributed by atoms with van der Waals surface area (Å²) in [4.78, 5) is 14.8. The van der Waals surface area contributed by atoms with Crippen LogP contribution in [0.25, 0.3) is 0 Å². The van der Waals surface area contributed by atoms with Gasteiger partial charge in [0.25, 0.3) is 0 Å². The van der Waals surface area contributed by atoms with E-state index in [1.807, 2.05) is 24.7 Å². The summed E-state index contributed by atoms with van der Waals surface area (Å²) in [6.07, 6.45) is 4.63. The van der Waals surface area contributed by atoms with E-state index in [9.17, 15) is 4.79 Å². The third-order valence-electron chi connectivity index (χ3n) is 5.00. The van der Waals surface area contributed by atoms with Crippen LogP contribution in [0.4, 0.5) is 0 Å². The lowest BCUT2D eigenvalue weighted by molar-refractivity contribution is -0.133. The number of hydrogen-bond acceptors (Lipinski definition) is 5. The van der Waals surface area contributed by atoms with Gasteiger partial charge in [-0.15, -0.1) is 5.10 Å². The fourth-order valence-electron chi connectivity index (χ4n) is 3.89. The van der Waals surface area contributed by atoms with E-state index in [2.05, 4.69) is 20.5 Å². The van der Waals surface area contributed by atoms with E-state index in [-0.39, 0.29) is 24.5 Å². The van der Waals surface area contributed by atoms with Gasteiger partial charge >= 0.3 is 0 Å². The third-order valence-corrected chi connectivity index (χ3v) is 5.00. The average molecular weight is 321 g/mol. The first-order valence-corrected chi connectivity index (χ1v) is 8.61. The molecule has 0 saturated carbocycles. The molecule has 4 rings (SSSR count). The van der Waals surface area contributed by atoms with Gasteiger partial charge in [-0.05, 0) is 39.2 Å². The van der Waals surface area contributed by atoms with Gasteiger partial charge in [-0.25, -0.2) is 0 Å². The van der Waals surface area contributed by atoms with E-state index in [4.69, 9.17) is 5.11 Å². The Morgan fingerprint density at radius 2 is 2.35 bits per heavy atom. The number of aliphatic hydroxyl groups is 1. The Balaban J connectivity index is 1.59. The lowest BCUT2D eigenvalue weighted by Crippen LogP contribution is -2.58. The SMILES string of the molecule is CC(C)NC(=O)[C@@H]1CN2CC[C@@H]1C[C@@H]2Cn1cc(CCO)nn1. The minimum Gasteiger partial charge on any atom is -0.396 e. The first-order chi connectivity index (χ1) is 11.1. The van der Waals surface area contributed by atoms with Gasteiger partial charge in [0.05, 0.1) is 18.2 Å². The van der Waals surface area contributed by atoms with Crippen LogP contribution >= 0.6 is 0 Å². The Labute approximate surface area is 137 Å². The molecule has 7 nitrogen and oxygen atoms in total. The molecule has 0 spiro atoms. The zero-order valence-corrected chi connectivity index (χ0v) is 14.0. The number of nitrogens with zero attached hydrogens (tertiary/aromatic N) is 4. The molecule has 4 heterocycles. The van der Waals surface area contributed by atoms with Gasteiger partial charge in [0.2, 0.25) is 5.91 Å². The molecule has 0 aliphatic carbocycles. The summed E-state index contributed by atoms with van der Waals surface area (Å²) in [6, 6.07) is 0.634. The van der Waals surface area contributed by atoms with Gasteiger partial charge in [-0.2, -0.15) is 0 Å². The standard InChI is InChI=1S/C16H27N5O2/c1-11(2)17-16(23)15-10-20-5-3-12(15)7-14(20)9-21-8-13(4-6-22)18-19-21/h8,11-12,14-15,22H,3-7,9-10H2,1-2H3,(H,17,23)/t12-,14-,15-/m1/s1. The molecule has 3 aliphatic rings. The molecule has 2 bridgehead atoms. The molecule has 3 saturated heterocycles. The average Bonchev–Trinajstić information content (AvgIpc) is 2.95. The van der Waals surface area contributed by atoms with Crippen molar-refractivity contribution in [2.45, 2.75) is 51.7 Å². The van der Waals surface area contributed by atoms with E-state index in [0.29, 0.717) is 18.4 Å². The van der Waals surface area contributed by atoms with Gasteiger partial charge < -0.3 is 10.4 Å². The normalized spacial score (nSPS) is 29.9. The maximum Gasteiger partial charge on any atom is 0.224 e. The Morgan fingerprint density at radius 1 is 1.52 bits per heavy atom. The molecular formula is C16H27N5O2. The molecule has 23 heavy (non-hydrogen) atoms. The van der Waals surface area contributed by atoms with Crippen LogP contribution in [0, 0.1) is 11.8 Å². The number of fused-ring (bicyclic) bond motifs is 3. The number of aliphatic hydroxyl groups excluding tert-OH is 1. The van der Waals surface area contributed by atoms with Crippen LogP contribution in [-0.4, -0.2) is 62.7 Å². The van der Waals surface area contributed by atoms with Crippen molar-refractivity contribution in [3.05, 3.63) is 11.9 Å². The highest BCUT2D eigenvalue weighted by atomic mass is 16.3. The molecule has 1 aromatic rings. The highest BCUT2D eigenvalue weighted by molar-refractivity contribution is 5.79. The van der Waals surface area contributed by atoms with Crippen molar-refractivity contribution in [1.29, 1.82) is 0 Å². The van der Waals surface area contributed by atoms with Gasteiger partial charge in [-0.3, -0.25) is 14.4 Å². The fourth-order valence-corrected chi connectivity index (χ4v) is 3.89. The topological polar surface area (TPSA) is 83.3 Å². The summed E-state index contributed by atoms with van der Waals surface area (Å²) in [6.45, 7) is 6.86. The molecule has 7 heteroatoms. The number of nitrogens with one attached hydrogen (secondary N) is 1. The van der Waals surface area contributed by atoms with Crippen LogP contribution < -0.4 is 5.32 Å². The quantitative estimate of drug-likeness (QED) is 0.773. The van der Waals surface area contributed by atoms with E-state index in [1.165, 1.54) is 0 Å². The van der Waals surface area contributed by atoms with Crippen molar-refractivity contribution < 1.29 is 9.90 Å². The second-order valence-electron chi connectivity index (χ2n) is 7.11. The van der Waals surface area contributed by atoms with Gasteiger partial charge in [0.15, 0.2) is 0 Å². The molecular weight excluding hydrogens is 294 g/mol. The molecule has 3 aliphatic heterocycles. The number of aromatic nitrogens is 3. The van der Waals surface area contributed by atoms with E-state index >= 15 is 0 Å². The van der Waals surface area contributed by atoms with Crippen LogP contribution in [0.3, 0.4) is 0 Å². The van der Waals surface area contributed by atoms with Crippen LogP contribution in [0.1, 0.15) is 32.4 Å². The summed E-state index contributed by atoms with van der Waals surface area (Å²) in [5, 5.41) is 20.3. The molecule has 4 atom stereocenters. The van der Waals surface area contributed by atoms with Crippen molar-refractivity contribution in [2.24, 2.45) is 11.8 Å². The van der Waals surface area contributed by atoms with Crippen LogP contribution in [0.15, 0.2) is 6.20 Å². The lowest BCUT2D eigenvalue weighted by atomic mass is 9.75. The van der Waals surface area contributed by atoms with Gasteiger partial charge in [0.1, 0.15) is 0 Å². The van der Waals surface area contributed by atoms with Crippen molar-refractivity contribution in [3.63, 3.8) is 0 Å². The van der Waals surface area contributed by atoms with E-state index in [1.54, 1.807) is 0 Å². The molecule has 3 fully saturated rings. The van der Waals surface area contributed by atoms with Crippen molar-refractivity contribution in [2.75, 3.05) is 19.7 Å². The monoisotopic (exact) mass is 321 g/mol. The zero-order valence-electron chi connectivity index (χ0n) is 14.0. The summed E-state index contributed by atoms with van der Waals surface area (Å²) in [7, 11) is 0. The number of carbonyl (C=O) groups is 1. The second kappa shape index (κ2) is 6.97. The van der Waals surface area contributed by atoms with Gasteiger partial charge in [0, 0.05) is 37.9 Å². The zero-order chi connectivity index (χ0) is 16.4. The highest BCUT2D eigenvalue weighted by Crippen LogP contribution is 2.36. The van der Waals surface area contributed by atoms with Crippen molar-refractivity contribution >= 4 is 5.91 Å². The molecule has 1 unspecified atom stereocenters. The molecule has 2 N–H and O–H groups in total. The molecule has 128 valence electrons. The summed E-state index contributed by atoms with van der Waals surface area (Å²) >= 11 is 0. The Bertz CT molecular complexity index is 544. The summed E-state index contributed by atoms with van der Waals surface area (Å²) < 4.78 is 1.87. The number of carbonyl (C=O) groups excluding carboxylic acids is 1. The maximum atomic E-state index is 12.3. The number of hydrogen-bond donors (Lipinski definition) is 2. The Morgan fingerprint density at radius 3 is 3.00 bits per heavy atom. The smallest absolute Gasteiger partial charge is 0.224 e. The number of amides is 1. The molecule has 0 aromatic carbocycles. The lowest BCUT2D eigenvalue weighted by Gasteiger charge is -2.49. The van der Waals surface area contributed by atoms with Gasteiger partial charge in [-0.1, -0.05) is 5.21 Å². The first-order valence-electron chi connectivity index (χ1n) is 8.61. The highest BCUT2D eigenvalue weighted by Gasteiger charge is 2.43. The van der Waals surface area contributed by atoms with Crippen LogP contribution in [0.2, 0.25) is 0 Å². The predicted molar refractivity (Wildman–Crippen MR) is 85.7 cm³/mol. The molecule has 1 aromatic heterocycles. The van der Waals surface area contributed by atoms with E-state index in [0.717, 1.165) is 38.2 Å². The van der Waals surface area contributed by atoms with Crippen LogP contribution in [-0.2, 0) is 17.8 Å². The maximum absolute atomic E-state index is 12.3. The third kappa shape index (κ3) is 3.72. The minimum atomic E-state index is 0.100. The Kier molecular flexibility index (Phi) is 4.96. The van der Waals surface area contributed by atoms with Crippen molar-refractivity contribution in [3.8, 4) is 0 Å². The number of piperidine rings is 3. The predicted octanol–water partition coefficient (Wildman–Crippen LogP) is 0.0479. The first kappa shape index (κ1) is 16.4. The largest absolute Gasteiger partial charge is 0.396 e. The Hall–Kier alpha value is -1.47. The minimum absolute atomic E-state index is 0.100. The molecule has 0 radical (unpaired) electrons. The second-order valence-corrected chi connectivity index (χ2v) is 7.11. The fraction of sp³-hybridized carbons (Fsp3) is 0.812. The summed E-state index contributed by atoms with van der Waals surface area (Å²) in [5.41, 5.74) is 0.831. The summed E-state index contributed by atoms with van der Waals surface area (Å²) in [5.74, 6) is 0.811. The van der Waals surface area contributed by atoms with Crippen LogP contribution in [0.5, 0.6) is 0 Å². The van der Waals surface area contributed by atoms with E-state index < -0.39 is 0 Å². The number of rotatable bonds is 6. The van der Waals surface area contributed by atoms with Crippen molar-refractivity contribution in [1.82, 2.24) is 25.2 Å². The molecule has 1 amide bonds.